The number of rotatable bonds is 3. The van der Waals surface area contributed by atoms with E-state index < -0.39 is 5.97 Å². The zero-order valence-corrected chi connectivity index (χ0v) is 9.22. The maximum absolute atomic E-state index is 10.5. The SMILES string of the molecule is O=C(O)Cc1nc(C2CCCCN2)cs1. The summed E-state index contributed by atoms with van der Waals surface area (Å²) in [6, 6.07) is 0.331. The quantitative estimate of drug-likeness (QED) is 0.821. The van der Waals surface area contributed by atoms with Crippen molar-refractivity contribution in [3.63, 3.8) is 0 Å². The van der Waals surface area contributed by atoms with Crippen LogP contribution < -0.4 is 5.32 Å². The summed E-state index contributed by atoms with van der Waals surface area (Å²) in [6.45, 7) is 1.04. The summed E-state index contributed by atoms with van der Waals surface area (Å²) in [7, 11) is 0. The first-order valence-corrected chi connectivity index (χ1v) is 6.03. The molecule has 1 aliphatic heterocycles. The van der Waals surface area contributed by atoms with Gasteiger partial charge in [0.1, 0.15) is 5.01 Å². The molecule has 1 atom stereocenters. The number of aromatic nitrogens is 1. The molecule has 1 aliphatic rings. The third-order valence-electron chi connectivity index (χ3n) is 2.54. The molecule has 0 aliphatic carbocycles. The highest BCUT2D eigenvalue weighted by atomic mass is 32.1. The fourth-order valence-corrected chi connectivity index (χ4v) is 2.64. The lowest BCUT2D eigenvalue weighted by molar-refractivity contribution is -0.136. The summed E-state index contributed by atoms with van der Waals surface area (Å²) in [5.41, 5.74) is 1.01. The number of carbonyl (C=O) groups is 1. The standard InChI is InChI=1S/C10H14N2O2S/c13-10(14)5-9-12-8(6-15-9)7-3-1-2-4-11-7/h6-7,11H,1-5H2,(H,13,14). The van der Waals surface area contributed by atoms with Crippen LogP contribution in [0.4, 0.5) is 0 Å². The molecule has 0 bridgehead atoms. The minimum absolute atomic E-state index is 0.0391. The van der Waals surface area contributed by atoms with Crippen molar-refractivity contribution >= 4 is 17.3 Å². The van der Waals surface area contributed by atoms with Gasteiger partial charge in [-0.15, -0.1) is 11.3 Å². The van der Waals surface area contributed by atoms with Gasteiger partial charge in [0.2, 0.25) is 0 Å². The van der Waals surface area contributed by atoms with E-state index in [0.717, 1.165) is 18.7 Å². The number of hydrogen-bond acceptors (Lipinski definition) is 4. The lowest BCUT2D eigenvalue weighted by atomic mass is 10.0. The molecule has 2 rings (SSSR count). The van der Waals surface area contributed by atoms with E-state index in [0.29, 0.717) is 11.0 Å². The third-order valence-corrected chi connectivity index (χ3v) is 3.41. The van der Waals surface area contributed by atoms with Gasteiger partial charge in [-0.2, -0.15) is 0 Å². The normalized spacial score (nSPS) is 21.5. The van der Waals surface area contributed by atoms with Crippen molar-refractivity contribution in [2.24, 2.45) is 0 Å². The molecule has 0 spiro atoms. The number of nitrogens with zero attached hydrogens (tertiary/aromatic N) is 1. The molecular weight excluding hydrogens is 212 g/mol. The Kier molecular flexibility index (Phi) is 3.33. The van der Waals surface area contributed by atoms with Crippen LogP contribution in [0.5, 0.6) is 0 Å². The van der Waals surface area contributed by atoms with E-state index >= 15 is 0 Å². The van der Waals surface area contributed by atoms with Gasteiger partial charge in [0.05, 0.1) is 18.2 Å². The Morgan fingerprint density at radius 3 is 3.20 bits per heavy atom. The molecule has 1 aromatic rings. The lowest BCUT2D eigenvalue weighted by Crippen LogP contribution is -2.27. The monoisotopic (exact) mass is 226 g/mol. The molecule has 1 unspecified atom stereocenters. The Hall–Kier alpha value is -0.940. The Morgan fingerprint density at radius 1 is 1.67 bits per heavy atom. The van der Waals surface area contributed by atoms with Crippen molar-refractivity contribution in [3.8, 4) is 0 Å². The van der Waals surface area contributed by atoms with E-state index in [1.807, 2.05) is 5.38 Å². The largest absolute Gasteiger partial charge is 0.481 e. The number of aliphatic carboxylic acids is 1. The molecular formula is C10H14N2O2S. The summed E-state index contributed by atoms with van der Waals surface area (Å²) in [6.07, 6.45) is 3.60. The van der Waals surface area contributed by atoms with E-state index in [1.54, 1.807) is 0 Å². The van der Waals surface area contributed by atoms with Crippen LogP contribution in [-0.2, 0) is 11.2 Å². The minimum Gasteiger partial charge on any atom is -0.481 e. The van der Waals surface area contributed by atoms with Crippen LogP contribution in [0.3, 0.4) is 0 Å². The van der Waals surface area contributed by atoms with Crippen molar-refractivity contribution in [3.05, 3.63) is 16.1 Å². The molecule has 2 heterocycles. The first-order chi connectivity index (χ1) is 7.25. The van der Waals surface area contributed by atoms with Gasteiger partial charge in [0.25, 0.3) is 0 Å². The van der Waals surface area contributed by atoms with Crippen molar-refractivity contribution in [1.82, 2.24) is 10.3 Å². The first-order valence-electron chi connectivity index (χ1n) is 5.15. The average Bonchev–Trinajstić information content (AvgIpc) is 2.67. The summed E-state index contributed by atoms with van der Waals surface area (Å²) < 4.78 is 0. The summed E-state index contributed by atoms with van der Waals surface area (Å²) in [5, 5.41) is 14.7. The van der Waals surface area contributed by atoms with Gasteiger partial charge in [0.15, 0.2) is 0 Å². The van der Waals surface area contributed by atoms with E-state index in [2.05, 4.69) is 10.3 Å². The maximum atomic E-state index is 10.5. The van der Waals surface area contributed by atoms with Crippen LogP contribution in [0.15, 0.2) is 5.38 Å². The van der Waals surface area contributed by atoms with Crippen molar-refractivity contribution in [1.29, 1.82) is 0 Å². The smallest absolute Gasteiger partial charge is 0.310 e. The minimum atomic E-state index is -0.812. The highest BCUT2D eigenvalue weighted by Gasteiger charge is 2.17. The maximum Gasteiger partial charge on any atom is 0.310 e. The molecule has 0 saturated carbocycles. The van der Waals surface area contributed by atoms with Crippen molar-refractivity contribution < 1.29 is 9.90 Å². The van der Waals surface area contributed by atoms with Crippen molar-refractivity contribution in [2.75, 3.05) is 6.54 Å². The molecule has 0 radical (unpaired) electrons. The highest BCUT2D eigenvalue weighted by Crippen LogP contribution is 2.24. The van der Waals surface area contributed by atoms with Gasteiger partial charge in [0, 0.05) is 5.38 Å². The van der Waals surface area contributed by atoms with E-state index in [4.69, 9.17) is 5.11 Å². The van der Waals surface area contributed by atoms with Crippen molar-refractivity contribution in [2.45, 2.75) is 31.7 Å². The van der Waals surface area contributed by atoms with E-state index in [9.17, 15) is 4.79 Å². The Morgan fingerprint density at radius 2 is 2.53 bits per heavy atom. The van der Waals surface area contributed by atoms with Crippen LogP contribution in [0.2, 0.25) is 0 Å². The zero-order chi connectivity index (χ0) is 10.7. The fraction of sp³-hybridized carbons (Fsp3) is 0.600. The van der Waals surface area contributed by atoms with Crippen LogP contribution >= 0.6 is 11.3 Å². The molecule has 4 nitrogen and oxygen atoms in total. The van der Waals surface area contributed by atoms with Gasteiger partial charge in [-0.25, -0.2) is 4.98 Å². The van der Waals surface area contributed by atoms with Crippen LogP contribution in [0.25, 0.3) is 0 Å². The molecule has 1 aromatic heterocycles. The number of hydrogen-bond donors (Lipinski definition) is 2. The molecule has 0 amide bonds. The molecule has 1 fully saturated rings. The van der Waals surface area contributed by atoms with Gasteiger partial charge >= 0.3 is 5.97 Å². The van der Waals surface area contributed by atoms with Crippen LogP contribution in [0.1, 0.15) is 36.0 Å². The average molecular weight is 226 g/mol. The summed E-state index contributed by atoms with van der Waals surface area (Å²) in [5.74, 6) is -0.812. The fourth-order valence-electron chi connectivity index (χ4n) is 1.80. The van der Waals surface area contributed by atoms with Gasteiger partial charge < -0.3 is 10.4 Å². The van der Waals surface area contributed by atoms with E-state index in [1.165, 1.54) is 24.2 Å². The van der Waals surface area contributed by atoms with Crippen LogP contribution in [0, 0.1) is 0 Å². The number of carboxylic acids is 1. The Bertz CT molecular complexity index is 345. The molecule has 0 aromatic carbocycles. The zero-order valence-electron chi connectivity index (χ0n) is 8.40. The second-order valence-electron chi connectivity index (χ2n) is 3.74. The van der Waals surface area contributed by atoms with Gasteiger partial charge in [-0.05, 0) is 19.4 Å². The van der Waals surface area contributed by atoms with Gasteiger partial charge in [-0.3, -0.25) is 4.79 Å². The molecule has 82 valence electrons. The van der Waals surface area contributed by atoms with Crippen LogP contribution in [-0.4, -0.2) is 22.6 Å². The molecule has 15 heavy (non-hydrogen) atoms. The number of carboxylic acid groups (broad SMARTS) is 1. The Labute approximate surface area is 92.3 Å². The predicted molar refractivity (Wildman–Crippen MR) is 58.0 cm³/mol. The first kappa shape index (κ1) is 10.6. The highest BCUT2D eigenvalue weighted by molar-refractivity contribution is 7.09. The van der Waals surface area contributed by atoms with Gasteiger partial charge in [-0.1, -0.05) is 6.42 Å². The second-order valence-corrected chi connectivity index (χ2v) is 4.68. The topological polar surface area (TPSA) is 62.2 Å². The third kappa shape index (κ3) is 2.76. The lowest BCUT2D eigenvalue weighted by Gasteiger charge is -2.21. The predicted octanol–water partition coefficient (Wildman–Crippen LogP) is 1.58. The molecule has 1 saturated heterocycles. The van der Waals surface area contributed by atoms with E-state index in [-0.39, 0.29) is 6.42 Å². The number of nitrogens with one attached hydrogen (secondary N) is 1. The molecule has 5 heteroatoms. The Balaban J connectivity index is 2.02. The second kappa shape index (κ2) is 4.72. The number of thiazole rings is 1. The summed E-state index contributed by atoms with van der Waals surface area (Å²) in [4.78, 5) is 14.9. The molecule has 2 N–H and O–H groups in total. The number of piperidine rings is 1. The summed E-state index contributed by atoms with van der Waals surface area (Å²) >= 11 is 1.44.